The first-order valence-corrected chi connectivity index (χ1v) is 8.65. The number of methoxy groups -OCH3 is 1. The fourth-order valence-corrected chi connectivity index (χ4v) is 3.20. The molecular formula is C21H21F2N3O2. The average Bonchev–Trinajstić information content (AvgIpc) is 2.98. The average molecular weight is 385 g/mol. The summed E-state index contributed by atoms with van der Waals surface area (Å²) in [5, 5.41) is 0. The molecule has 0 radical (unpaired) electrons. The molecule has 3 rings (SSSR count). The minimum atomic E-state index is -2.87. The summed E-state index contributed by atoms with van der Waals surface area (Å²) in [6, 6.07) is 14.2. The van der Waals surface area contributed by atoms with Gasteiger partial charge in [0.15, 0.2) is 5.96 Å². The molecule has 1 heterocycles. The number of nitrogens with two attached hydrogens (primary N) is 1. The van der Waals surface area contributed by atoms with Gasteiger partial charge in [-0.1, -0.05) is 36.1 Å². The van der Waals surface area contributed by atoms with Crippen molar-refractivity contribution in [3.63, 3.8) is 0 Å². The molecule has 146 valence electrons. The number of likely N-dealkylation sites (N-methyl/N-ethyl adjacent to an activating group) is 1. The number of halogens is 2. The largest absolute Gasteiger partial charge is 0.435 e. The minimum absolute atomic E-state index is 0.0939. The second kappa shape index (κ2) is 8.28. The van der Waals surface area contributed by atoms with Crippen molar-refractivity contribution in [3.05, 3.63) is 65.2 Å². The topological polar surface area (TPSA) is 60.1 Å². The molecule has 7 heteroatoms. The third kappa shape index (κ3) is 4.07. The third-order valence-corrected chi connectivity index (χ3v) is 4.51. The zero-order valence-electron chi connectivity index (χ0n) is 15.7. The molecule has 2 aromatic carbocycles. The van der Waals surface area contributed by atoms with Crippen LogP contribution < -0.4 is 10.5 Å². The Morgan fingerprint density at radius 1 is 1.21 bits per heavy atom. The lowest BCUT2D eigenvalue weighted by molar-refractivity contribution is -0.0498. The maximum Gasteiger partial charge on any atom is 0.387 e. The summed E-state index contributed by atoms with van der Waals surface area (Å²) < 4.78 is 34.3. The summed E-state index contributed by atoms with van der Waals surface area (Å²) in [5.41, 5.74) is 7.87. The molecule has 0 bridgehead atoms. The summed E-state index contributed by atoms with van der Waals surface area (Å²) in [5.74, 6) is 6.49. The molecule has 0 spiro atoms. The fourth-order valence-electron chi connectivity index (χ4n) is 3.20. The molecule has 0 saturated carbocycles. The zero-order chi connectivity index (χ0) is 20.1. The van der Waals surface area contributed by atoms with Crippen LogP contribution in [0, 0.1) is 11.8 Å². The number of hydrogen-bond acceptors (Lipinski definition) is 5. The van der Waals surface area contributed by atoms with E-state index in [1.807, 2.05) is 36.2 Å². The molecule has 1 atom stereocenters. The molecule has 0 aromatic heterocycles. The van der Waals surface area contributed by atoms with Crippen LogP contribution in [0.15, 0.2) is 53.5 Å². The van der Waals surface area contributed by atoms with Gasteiger partial charge < -0.3 is 20.1 Å². The maximum absolute atomic E-state index is 12.4. The van der Waals surface area contributed by atoms with E-state index in [0.29, 0.717) is 19.1 Å². The predicted octanol–water partition coefficient (Wildman–Crippen LogP) is 2.79. The Labute approximate surface area is 162 Å². The SMILES string of the molecule is COCC#Cc1cccc(C2(c3ccc(OC(F)F)cc3)CN(C)C(N)=N2)c1. The molecule has 0 saturated heterocycles. The summed E-state index contributed by atoms with van der Waals surface area (Å²) in [6.07, 6.45) is 0. The van der Waals surface area contributed by atoms with Crippen molar-refractivity contribution in [1.29, 1.82) is 0 Å². The van der Waals surface area contributed by atoms with E-state index in [4.69, 9.17) is 15.5 Å². The molecule has 2 aromatic rings. The van der Waals surface area contributed by atoms with Crippen LogP contribution >= 0.6 is 0 Å². The summed E-state index contributed by atoms with van der Waals surface area (Å²) >= 11 is 0. The van der Waals surface area contributed by atoms with E-state index >= 15 is 0 Å². The normalized spacial score (nSPS) is 18.6. The highest BCUT2D eigenvalue weighted by molar-refractivity contribution is 5.81. The number of hydrogen-bond donors (Lipinski definition) is 1. The summed E-state index contributed by atoms with van der Waals surface area (Å²) in [4.78, 5) is 6.58. The standard InChI is InChI=1S/C21H21F2N3O2/c1-26-14-21(25-20(26)24,16-8-10-18(11-9-16)28-19(22)23)17-7-3-5-15(13-17)6-4-12-27-2/h3,5,7-11,13,19H,12,14H2,1-2H3,(H2,24,25). The molecule has 0 fully saturated rings. The van der Waals surface area contributed by atoms with Gasteiger partial charge in [-0.25, -0.2) is 4.99 Å². The highest BCUT2D eigenvalue weighted by Crippen LogP contribution is 2.39. The van der Waals surface area contributed by atoms with E-state index in [1.165, 1.54) is 12.1 Å². The van der Waals surface area contributed by atoms with Gasteiger partial charge >= 0.3 is 6.61 Å². The smallest absolute Gasteiger partial charge is 0.387 e. The van der Waals surface area contributed by atoms with Crippen molar-refractivity contribution < 1.29 is 18.3 Å². The Hall–Kier alpha value is -3.11. The van der Waals surface area contributed by atoms with Crippen molar-refractivity contribution in [2.75, 3.05) is 27.3 Å². The highest BCUT2D eigenvalue weighted by Gasteiger charge is 2.40. The van der Waals surface area contributed by atoms with E-state index in [9.17, 15) is 8.78 Å². The van der Waals surface area contributed by atoms with Gasteiger partial charge in [0.1, 0.15) is 17.9 Å². The molecule has 1 unspecified atom stereocenters. The van der Waals surface area contributed by atoms with E-state index in [-0.39, 0.29) is 5.75 Å². The van der Waals surface area contributed by atoms with E-state index in [0.717, 1.165) is 16.7 Å². The van der Waals surface area contributed by atoms with Crippen LogP contribution in [0.25, 0.3) is 0 Å². The Balaban J connectivity index is 2.03. The summed E-state index contributed by atoms with van der Waals surface area (Å²) in [7, 11) is 3.45. The Morgan fingerprint density at radius 3 is 2.57 bits per heavy atom. The zero-order valence-corrected chi connectivity index (χ0v) is 15.7. The van der Waals surface area contributed by atoms with Gasteiger partial charge in [-0.05, 0) is 35.4 Å². The Bertz CT molecular complexity index is 919. The molecule has 28 heavy (non-hydrogen) atoms. The first kappa shape index (κ1) is 19.6. The van der Waals surface area contributed by atoms with Crippen molar-refractivity contribution in [2.45, 2.75) is 12.2 Å². The van der Waals surface area contributed by atoms with Crippen LogP contribution in [0.5, 0.6) is 5.75 Å². The number of guanidine groups is 1. The number of rotatable bonds is 5. The van der Waals surface area contributed by atoms with E-state index in [1.54, 1.807) is 19.2 Å². The quantitative estimate of drug-likeness (QED) is 0.804. The third-order valence-electron chi connectivity index (χ3n) is 4.51. The molecule has 0 aliphatic carbocycles. The van der Waals surface area contributed by atoms with Gasteiger partial charge in [0, 0.05) is 19.7 Å². The van der Waals surface area contributed by atoms with Crippen LogP contribution in [0.3, 0.4) is 0 Å². The number of alkyl halides is 2. The number of ether oxygens (including phenoxy) is 2. The first-order chi connectivity index (χ1) is 13.4. The lowest BCUT2D eigenvalue weighted by Crippen LogP contribution is -2.34. The molecule has 2 N–H and O–H groups in total. The summed E-state index contributed by atoms with van der Waals surface area (Å²) in [6.45, 7) is -2.01. The maximum atomic E-state index is 12.4. The van der Waals surface area contributed by atoms with Gasteiger partial charge in [0.05, 0.1) is 6.54 Å². The van der Waals surface area contributed by atoms with Crippen LogP contribution in [-0.2, 0) is 10.3 Å². The molecule has 0 amide bonds. The second-order valence-corrected chi connectivity index (χ2v) is 6.40. The molecule has 1 aliphatic heterocycles. The van der Waals surface area contributed by atoms with Crippen molar-refractivity contribution in [2.24, 2.45) is 10.7 Å². The molecule has 5 nitrogen and oxygen atoms in total. The predicted molar refractivity (Wildman–Crippen MR) is 103 cm³/mol. The van der Waals surface area contributed by atoms with Crippen molar-refractivity contribution >= 4 is 5.96 Å². The Kier molecular flexibility index (Phi) is 5.81. The minimum Gasteiger partial charge on any atom is -0.435 e. The van der Waals surface area contributed by atoms with Crippen LogP contribution in [0.2, 0.25) is 0 Å². The van der Waals surface area contributed by atoms with E-state index in [2.05, 4.69) is 16.6 Å². The van der Waals surface area contributed by atoms with Crippen LogP contribution in [-0.4, -0.2) is 44.8 Å². The van der Waals surface area contributed by atoms with Crippen LogP contribution in [0.1, 0.15) is 16.7 Å². The Morgan fingerprint density at radius 2 is 1.96 bits per heavy atom. The van der Waals surface area contributed by atoms with E-state index < -0.39 is 12.2 Å². The van der Waals surface area contributed by atoms with Gasteiger partial charge in [-0.3, -0.25) is 0 Å². The van der Waals surface area contributed by atoms with Gasteiger partial charge in [0.25, 0.3) is 0 Å². The lowest BCUT2D eigenvalue weighted by atomic mass is 9.83. The lowest BCUT2D eigenvalue weighted by Gasteiger charge is -2.28. The number of aliphatic imine (C=N–C) groups is 1. The van der Waals surface area contributed by atoms with Crippen molar-refractivity contribution in [1.82, 2.24) is 4.90 Å². The number of benzene rings is 2. The second-order valence-electron chi connectivity index (χ2n) is 6.40. The first-order valence-electron chi connectivity index (χ1n) is 8.65. The van der Waals surface area contributed by atoms with Gasteiger partial charge in [-0.2, -0.15) is 8.78 Å². The van der Waals surface area contributed by atoms with Gasteiger partial charge in [-0.15, -0.1) is 0 Å². The monoisotopic (exact) mass is 385 g/mol. The number of nitrogens with zero attached hydrogens (tertiary/aromatic N) is 2. The van der Waals surface area contributed by atoms with Gasteiger partial charge in [0.2, 0.25) is 0 Å². The molecule has 1 aliphatic rings. The molecular weight excluding hydrogens is 364 g/mol. The highest BCUT2D eigenvalue weighted by atomic mass is 19.3. The van der Waals surface area contributed by atoms with Crippen molar-refractivity contribution in [3.8, 4) is 17.6 Å². The fraction of sp³-hybridized carbons (Fsp3) is 0.286. The van der Waals surface area contributed by atoms with Crippen LogP contribution in [0.4, 0.5) is 8.78 Å².